The van der Waals surface area contributed by atoms with Crippen LogP contribution >= 0.6 is 0 Å². The molecule has 2 heterocycles. The average molecular weight is 210 g/mol. The summed E-state index contributed by atoms with van der Waals surface area (Å²) in [5, 5.41) is 4.31. The van der Waals surface area contributed by atoms with Crippen molar-refractivity contribution < 1.29 is 4.74 Å². The molecule has 2 rings (SSSR count). The van der Waals surface area contributed by atoms with Gasteiger partial charge in [-0.3, -0.25) is 9.58 Å². The largest absolute Gasteiger partial charge is 0.384 e. The van der Waals surface area contributed by atoms with Gasteiger partial charge in [-0.1, -0.05) is 0 Å². The number of hydrogen-bond acceptors (Lipinski definition) is 4. The van der Waals surface area contributed by atoms with Crippen LogP contribution in [-0.4, -0.2) is 41.0 Å². The molecular formula is C10H18N4O. The summed E-state index contributed by atoms with van der Waals surface area (Å²) in [6, 6.07) is 0. The van der Waals surface area contributed by atoms with Crippen LogP contribution in [0.4, 0.5) is 5.82 Å². The minimum Gasteiger partial charge on any atom is -0.384 e. The van der Waals surface area contributed by atoms with Gasteiger partial charge in [0.2, 0.25) is 0 Å². The molecule has 0 spiro atoms. The second-order valence-electron chi connectivity index (χ2n) is 3.96. The third kappa shape index (κ3) is 2.13. The highest BCUT2D eigenvalue weighted by atomic mass is 16.5. The molecule has 5 heteroatoms. The van der Waals surface area contributed by atoms with Crippen molar-refractivity contribution in [2.24, 2.45) is 7.05 Å². The number of hydrogen-bond donors (Lipinski definition) is 1. The fourth-order valence-electron chi connectivity index (χ4n) is 1.90. The van der Waals surface area contributed by atoms with Crippen molar-refractivity contribution in [2.75, 3.05) is 32.0 Å². The SMILES string of the molecule is Cc1nn(C)c(N)c1CN1CCOCC1. The van der Waals surface area contributed by atoms with Gasteiger partial charge in [0.15, 0.2) is 0 Å². The second-order valence-corrected chi connectivity index (χ2v) is 3.96. The van der Waals surface area contributed by atoms with Gasteiger partial charge in [-0.15, -0.1) is 0 Å². The highest BCUT2D eigenvalue weighted by Gasteiger charge is 2.16. The molecule has 15 heavy (non-hydrogen) atoms. The van der Waals surface area contributed by atoms with Crippen molar-refractivity contribution in [1.29, 1.82) is 0 Å². The molecule has 0 atom stereocenters. The smallest absolute Gasteiger partial charge is 0.126 e. The molecule has 0 bridgehead atoms. The maximum atomic E-state index is 5.96. The monoisotopic (exact) mass is 210 g/mol. The first kappa shape index (κ1) is 10.4. The van der Waals surface area contributed by atoms with Crippen LogP contribution in [0.2, 0.25) is 0 Å². The van der Waals surface area contributed by atoms with E-state index in [9.17, 15) is 0 Å². The molecule has 1 aromatic heterocycles. The molecule has 0 radical (unpaired) electrons. The van der Waals surface area contributed by atoms with Crippen molar-refractivity contribution >= 4 is 5.82 Å². The van der Waals surface area contributed by atoms with Crippen LogP contribution in [0.25, 0.3) is 0 Å². The minimum atomic E-state index is 0.777. The van der Waals surface area contributed by atoms with E-state index in [0.29, 0.717) is 0 Å². The van der Waals surface area contributed by atoms with Gasteiger partial charge in [-0.05, 0) is 6.92 Å². The summed E-state index contributed by atoms with van der Waals surface area (Å²) in [4.78, 5) is 2.35. The number of rotatable bonds is 2. The molecule has 1 aliphatic heterocycles. The summed E-state index contributed by atoms with van der Waals surface area (Å²) in [7, 11) is 1.88. The molecule has 0 aliphatic carbocycles. The molecule has 1 aromatic rings. The molecule has 84 valence electrons. The summed E-state index contributed by atoms with van der Waals surface area (Å²) < 4.78 is 7.05. The summed E-state index contributed by atoms with van der Waals surface area (Å²) in [6.45, 7) is 6.49. The van der Waals surface area contributed by atoms with Crippen LogP contribution in [0.3, 0.4) is 0 Å². The second kappa shape index (κ2) is 4.20. The van der Waals surface area contributed by atoms with Crippen LogP contribution in [0.1, 0.15) is 11.3 Å². The lowest BCUT2D eigenvalue weighted by Crippen LogP contribution is -2.35. The summed E-state index contributed by atoms with van der Waals surface area (Å²) in [5.74, 6) is 0.777. The Morgan fingerprint density at radius 2 is 2.07 bits per heavy atom. The predicted molar refractivity (Wildman–Crippen MR) is 58.5 cm³/mol. The van der Waals surface area contributed by atoms with Crippen LogP contribution in [0, 0.1) is 6.92 Å². The number of aryl methyl sites for hydroxylation is 2. The lowest BCUT2D eigenvalue weighted by molar-refractivity contribution is 0.0342. The Morgan fingerprint density at radius 3 is 2.60 bits per heavy atom. The summed E-state index contributed by atoms with van der Waals surface area (Å²) in [6.07, 6.45) is 0. The molecule has 0 unspecified atom stereocenters. The zero-order valence-electron chi connectivity index (χ0n) is 9.36. The van der Waals surface area contributed by atoms with Gasteiger partial charge in [-0.25, -0.2) is 0 Å². The number of ether oxygens (including phenoxy) is 1. The van der Waals surface area contributed by atoms with E-state index in [0.717, 1.165) is 49.9 Å². The van der Waals surface area contributed by atoms with Crippen molar-refractivity contribution in [3.05, 3.63) is 11.3 Å². The minimum absolute atomic E-state index is 0.777. The van der Waals surface area contributed by atoms with Gasteiger partial charge in [0.25, 0.3) is 0 Å². The van der Waals surface area contributed by atoms with E-state index in [4.69, 9.17) is 10.5 Å². The standard InChI is InChI=1S/C10H18N4O/c1-8-9(10(11)13(2)12-8)7-14-3-5-15-6-4-14/h3-7,11H2,1-2H3. The predicted octanol–water partition coefficient (Wildman–Crippen LogP) is 0.143. The molecule has 0 amide bonds. The zero-order chi connectivity index (χ0) is 10.8. The summed E-state index contributed by atoms with van der Waals surface area (Å²) in [5.41, 5.74) is 8.14. The maximum absolute atomic E-state index is 5.96. The number of nitrogens with two attached hydrogens (primary N) is 1. The first-order valence-corrected chi connectivity index (χ1v) is 5.26. The van der Waals surface area contributed by atoms with E-state index in [-0.39, 0.29) is 0 Å². The van der Waals surface area contributed by atoms with E-state index in [1.165, 1.54) is 0 Å². The lowest BCUT2D eigenvalue weighted by atomic mass is 10.2. The Labute approximate surface area is 89.8 Å². The number of anilines is 1. The molecule has 2 N–H and O–H groups in total. The van der Waals surface area contributed by atoms with Gasteiger partial charge in [0.05, 0.1) is 18.9 Å². The fourth-order valence-corrected chi connectivity index (χ4v) is 1.90. The van der Waals surface area contributed by atoms with Crippen molar-refractivity contribution in [1.82, 2.24) is 14.7 Å². The first-order valence-electron chi connectivity index (χ1n) is 5.26. The van der Waals surface area contributed by atoms with E-state index < -0.39 is 0 Å². The van der Waals surface area contributed by atoms with Gasteiger partial charge in [-0.2, -0.15) is 5.10 Å². The molecule has 0 aromatic carbocycles. The van der Waals surface area contributed by atoms with E-state index in [1.807, 2.05) is 14.0 Å². The van der Waals surface area contributed by atoms with E-state index >= 15 is 0 Å². The average Bonchev–Trinajstić information content (AvgIpc) is 2.47. The van der Waals surface area contributed by atoms with Crippen LogP contribution < -0.4 is 5.73 Å². The first-order chi connectivity index (χ1) is 7.18. The molecular weight excluding hydrogens is 192 g/mol. The Bertz CT molecular complexity index is 341. The quantitative estimate of drug-likeness (QED) is 0.754. The lowest BCUT2D eigenvalue weighted by Gasteiger charge is -2.26. The zero-order valence-corrected chi connectivity index (χ0v) is 9.36. The topological polar surface area (TPSA) is 56.3 Å². The number of aromatic nitrogens is 2. The van der Waals surface area contributed by atoms with Crippen molar-refractivity contribution in [3.63, 3.8) is 0 Å². The van der Waals surface area contributed by atoms with Gasteiger partial charge in [0, 0.05) is 32.2 Å². The van der Waals surface area contributed by atoms with E-state index in [1.54, 1.807) is 4.68 Å². The molecule has 1 saturated heterocycles. The molecule has 5 nitrogen and oxygen atoms in total. The normalized spacial score (nSPS) is 18.3. The fraction of sp³-hybridized carbons (Fsp3) is 0.700. The third-order valence-corrected chi connectivity index (χ3v) is 2.88. The Hall–Kier alpha value is -1.07. The number of morpholine rings is 1. The molecule has 1 fully saturated rings. The molecule has 1 aliphatic rings. The maximum Gasteiger partial charge on any atom is 0.126 e. The van der Waals surface area contributed by atoms with E-state index in [2.05, 4.69) is 10.00 Å². The van der Waals surface area contributed by atoms with Gasteiger partial charge < -0.3 is 10.5 Å². The third-order valence-electron chi connectivity index (χ3n) is 2.88. The Kier molecular flexibility index (Phi) is 2.93. The summed E-state index contributed by atoms with van der Waals surface area (Å²) >= 11 is 0. The highest BCUT2D eigenvalue weighted by molar-refractivity contribution is 5.42. The Morgan fingerprint density at radius 1 is 1.40 bits per heavy atom. The van der Waals surface area contributed by atoms with Crippen LogP contribution in [-0.2, 0) is 18.3 Å². The highest BCUT2D eigenvalue weighted by Crippen LogP contribution is 2.17. The van der Waals surface area contributed by atoms with Crippen molar-refractivity contribution in [3.8, 4) is 0 Å². The number of nitrogen functional groups attached to an aromatic ring is 1. The molecule has 0 saturated carbocycles. The van der Waals surface area contributed by atoms with Crippen LogP contribution in [0.5, 0.6) is 0 Å². The van der Waals surface area contributed by atoms with Gasteiger partial charge in [0.1, 0.15) is 5.82 Å². The van der Waals surface area contributed by atoms with Crippen LogP contribution in [0.15, 0.2) is 0 Å². The van der Waals surface area contributed by atoms with Gasteiger partial charge >= 0.3 is 0 Å². The van der Waals surface area contributed by atoms with Crippen molar-refractivity contribution in [2.45, 2.75) is 13.5 Å². The number of nitrogens with zero attached hydrogens (tertiary/aromatic N) is 3. The Balaban J connectivity index is 2.09.